The Bertz CT molecular complexity index is 1400. The Morgan fingerprint density at radius 1 is 0.600 bits per heavy atom. The molecular weight excluding hydrogens is 564 g/mol. The van der Waals surface area contributed by atoms with Crippen LogP contribution in [0.2, 0.25) is 0 Å². The van der Waals surface area contributed by atoms with Crippen molar-refractivity contribution in [3.63, 3.8) is 0 Å². The summed E-state index contributed by atoms with van der Waals surface area (Å²) in [7, 11) is 0. The first-order chi connectivity index (χ1) is 22.2. The minimum atomic E-state index is -0.753. The van der Waals surface area contributed by atoms with Crippen molar-refractivity contribution in [2.45, 2.75) is 63.1 Å². The van der Waals surface area contributed by atoms with E-state index in [-0.39, 0.29) is 0 Å². The van der Waals surface area contributed by atoms with Gasteiger partial charge in [0.2, 0.25) is 6.29 Å². The van der Waals surface area contributed by atoms with E-state index in [0.717, 1.165) is 16.7 Å². The average molecular weight is 607 g/mol. The number of hydrogen-bond donors (Lipinski definition) is 0. The zero-order valence-corrected chi connectivity index (χ0v) is 25.6. The van der Waals surface area contributed by atoms with E-state index in [1.54, 1.807) is 6.08 Å². The second-order valence-electron chi connectivity index (χ2n) is 10.9. The summed E-state index contributed by atoms with van der Waals surface area (Å²) in [5.74, 6) is 0.671. The Morgan fingerprint density at radius 2 is 1.11 bits per heavy atom. The van der Waals surface area contributed by atoms with Crippen molar-refractivity contribution in [1.29, 1.82) is 0 Å². The molecule has 5 rings (SSSR count). The lowest BCUT2D eigenvalue weighted by Gasteiger charge is -2.46. The zero-order chi connectivity index (χ0) is 31.1. The fraction of sp³-hybridized carbons (Fsp3) is 0.282. The van der Waals surface area contributed by atoms with Gasteiger partial charge in [-0.3, -0.25) is 0 Å². The molecule has 1 aliphatic heterocycles. The molecule has 0 aromatic heterocycles. The molecule has 6 atom stereocenters. The van der Waals surface area contributed by atoms with Crippen molar-refractivity contribution in [3.05, 3.63) is 163 Å². The third-order valence-corrected chi connectivity index (χ3v) is 7.57. The molecule has 1 saturated heterocycles. The summed E-state index contributed by atoms with van der Waals surface area (Å²) in [6, 6.07) is 39.8. The Hall–Kier alpha value is -4.04. The molecule has 0 aliphatic carbocycles. The van der Waals surface area contributed by atoms with E-state index in [4.69, 9.17) is 28.4 Å². The predicted molar refractivity (Wildman–Crippen MR) is 176 cm³/mol. The van der Waals surface area contributed by atoms with Gasteiger partial charge in [-0.2, -0.15) is 0 Å². The summed E-state index contributed by atoms with van der Waals surface area (Å²) < 4.78 is 39.2. The fourth-order valence-corrected chi connectivity index (χ4v) is 5.35. The molecule has 45 heavy (non-hydrogen) atoms. The van der Waals surface area contributed by atoms with Gasteiger partial charge in [-0.05, 0) is 41.3 Å². The molecule has 4 aromatic carbocycles. The van der Waals surface area contributed by atoms with Crippen LogP contribution in [0.1, 0.15) is 23.1 Å². The maximum absolute atomic E-state index is 6.74. The van der Waals surface area contributed by atoms with Crippen LogP contribution in [0.4, 0.5) is 0 Å². The third-order valence-electron chi connectivity index (χ3n) is 7.57. The Balaban J connectivity index is 1.43. The number of ether oxygens (including phenoxy) is 6. The number of hydrogen-bond acceptors (Lipinski definition) is 6. The highest BCUT2D eigenvalue weighted by Crippen LogP contribution is 2.33. The van der Waals surface area contributed by atoms with E-state index in [1.807, 2.05) is 127 Å². The third kappa shape index (κ3) is 9.72. The van der Waals surface area contributed by atoms with E-state index in [9.17, 15) is 0 Å². The highest BCUT2D eigenvalue weighted by Gasteiger charge is 2.48. The molecule has 0 saturated carbocycles. The molecule has 234 valence electrons. The van der Waals surface area contributed by atoms with Gasteiger partial charge in [-0.25, -0.2) is 0 Å². The molecule has 0 spiro atoms. The first kappa shape index (κ1) is 32.4. The first-order valence-electron chi connectivity index (χ1n) is 15.4. The molecule has 0 bridgehead atoms. The minimum absolute atomic E-state index is 0.311. The molecule has 0 unspecified atom stereocenters. The van der Waals surface area contributed by atoms with Crippen LogP contribution < -0.4 is 4.74 Å². The monoisotopic (exact) mass is 606 g/mol. The number of rotatable bonds is 17. The summed E-state index contributed by atoms with van der Waals surface area (Å²) >= 11 is 0. The van der Waals surface area contributed by atoms with Gasteiger partial charge in [0.05, 0.1) is 32.5 Å². The van der Waals surface area contributed by atoms with Crippen LogP contribution in [-0.2, 0) is 43.5 Å². The second kappa shape index (κ2) is 17.4. The molecular formula is C39H42O6. The quantitative estimate of drug-likeness (QED) is 0.0907. The van der Waals surface area contributed by atoms with E-state index in [2.05, 4.69) is 13.2 Å². The van der Waals surface area contributed by atoms with Gasteiger partial charge >= 0.3 is 0 Å². The highest BCUT2D eigenvalue weighted by atomic mass is 16.7. The largest absolute Gasteiger partial charge is 0.461 e. The molecule has 0 radical (unpaired) electrons. The van der Waals surface area contributed by atoms with Gasteiger partial charge in [0.25, 0.3) is 0 Å². The summed E-state index contributed by atoms with van der Waals surface area (Å²) in [4.78, 5) is 0. The smallest absolute Gasteiger partial charge is 0.219 e. The minimum Gasteiger partial charge on any atom is -0.461 e. The van der Waals surface area contributed by atoms with Gasteiger partial charge in [0.15, 0.2) is 0 Å². The standard InChI is InChI=1S/C39H42O6/c1-3-17-34-38(45-36(4-2)43-33-24-15-8-16-25-33)39(42-28-32-22-13-7-14-23-32)37(41-27-31-20-11-6-12-21-31)35(44-34)29-40-26-30-18-9-5-10-19-30/h3-16,18-25,34-39H,1-2,17,26-29H2/t34-,35+,36-,37+,38-,39-/m0/s1. The molecule has 4 aromatic rings. The fourth-order valence-electron chi connectivity index (χ4n) is 5.35. The molecule has 6 heteroatoms. The van der Waals surface area contributed by atoms with Crippen molar-refractivity contribution >= 4 is 0 Å². The molecule has 0 N–H and O–H groups in total. The zero-order valence-electron chi connectivity index (χ0n) is 25.6. The van der Waals surface area contributed by atoms with Crippen LogP contribution >= 0.6 is 0 Å². The molecule has 1 aliphatic rings. The lowest BCUT2D eigenvalue weighted by Crippen LogP contribution is -2.61. The summed E-state index contributed by atoms with van der Waals surface area (Å²) in [6.07, 6.45) is 0.821. The molecule has 1 heterocycles. The van der Waals surface area contributed by atoms with Crippen LogP contribution in [0, 0.1) is 0 Å². The highest BCUT2D eigenvalue weighted by molar-refractivity contribution is 5.21. The topological polar surface area (TPSA) is 55.4 Å². The Labute approximate surface area is 266 Å². The average Bonchev–Trinajstić information content (AvgIpc) is 3.09. The Morgan fingerprint density at radius 3 is 1.64 bits per heavy atom. The van der Waals surface area contributed by atoms with Crippen LogP contribution in [0.25, 0.3) is 0 Å². The van der Waals surface area contributed by atoms with Crippen molar-refractivity contribution in [3.8, 4) is 5.75 Å². The van der Waals surface area contributed by atoms with Crippen molar-refractivity contribution in [2.24, 2.45) is 0 Å². The normalized spacial score (nSPS) is 21.9. The van der Waals surface area contributed by atoms with Crippen molar-refractivity contribution < 1.29 is 28.4 Å². The summed E-state index contributed by atoms with van der Waals surface area (Å²) in [5.41, 5.74) is 3.18. The lowest BCUT2D eigenvalue weighted by molar-refractivity contribution is -0.285. The second-order valence-corrected chi connectivity index (χ2v) is 10.9. The number of para-hydroxylation sites is 1. The van der Waals surface area contributed by atoms with Gasteiger partial charge in [0, 0.05) is 0 Å². The van der Waals surface area contributed by atoms with Gasteiger partial charge in [-0.1, -0.05) is 122 Å². The molecule has 1 fully saturated rings. The van der Waals surface area contributed by atoms with E-state index in [1.165, 1.54) is 0 Å². The predicted octanol–water partition coefficient (Wildman–Crippen LogP) is 7.69. The molecule has 0 amide bonds. The van der Waals surface area contributed by atoms with Crippen LogP contribution in [-0.4, -0.2) is 43.4 Å². The maximum atomic E-state index is 6.74. The van der Waals surface area contributed by atoms with Crippen LogP contribution in [0.15, 0.2) is 147 Å². The molecule has 6 nitrogen and oxygen atoms in total. The van der Waals surface area contributed by atoms with E-state index >= 15 is 0 Å². The Kier molecular flexibility index (Phi) is 12.5. The van der Waals surface area contributed by atoms with Gasteiger partial charge in [-0.15, -0.1) is 6.58 Å². The summed E-state index contributed by atoms with van der Waals surface area (Å²) in [6.45, 7) is 9.50. The van der Waals surface area contributed by atoms with Crippen molar-refractivity contribution in [2.75, 3.05) is 6.61 Å². The van der Waals surface area contributed by atoms with Crippen LogP contribution in [0.5, 0.6) is 5.75 Å². The van der Waals surface area contributed by atoms with Crippen molar-refractivity contribution in [1.82, 2.24) is 0 Å². The SMILES string of the molecule is C=CC[C@@H]1O[C@H](COCc2ccccc2)[C@@H](OCc2ccccc2)[C@H](OCc2ccccc2)[C@H]1O[C@@H](C=C)Oc1ccccc1. The maximum Gasteiger partial charge on any atom is 0.219 e. The summed E-state index contributed by atoms with van der Waals surface area (Å²) in [5, 5.41) is 0. The lowest BCUT2D eigenvalue weighted by atomic mass is 9.92. The van der Waals surface area contributed by atoms with Gasteiger partial charge in [0.1, 0.15) is 30.2 Å². The van der Waals surface area contributed by atoms with E-state index in [0.29, 0.717) is 38.6 Å². The first-order valence-corrected chi connectivity index (χ1v) is 15.4. The van der Waals surface area contributed by atoms with Gasteiger partial charge < -0.3 is 28.4 Å². The number of benzene rings is 4. The van der Waals surface area contributed by atoms with E-state index < -0.39 is 36.8 Å². The van der Waals surface area contributed by atoms with Crippen LogP contribution in [0.3, 0.4) is 0 Å².